The third kappa shape index (κ3) is 1.45. The van der Waals surface area contributed by atoms with Crippen molar-refractivity contribution in [3.8, 4) is 0 Å². The Morgan fingerprint density at radius 3 is 2.64 bits per heavy atom. The molecule has 0 amide bonds. The van der Waals surface area contributed by atoms with Crippen LogP contribution in [0.4, 0.5) is 0 Å². The van der Waals surface area contributed by atoms with E-state index in [4.69, 9.17) is 4.74 Å². The average Bonchev–Trinajstić information content (AvgIpc) is 2.04. The number of hydrogen-bond acceptors (Lipinski definition) is 2. The SMILES string of the molecule is C=CC1=C(C=C)N(C)CCO1. The van der Waals surface area contributed by atoms with Gasteiger partial charge in [0.15, 0.2) is 0 Å². The molecule has 0 saturated carbocycles. The molecule has 0 aromatic carbocycles. The average molecular weight is 151 g/mol. The zero-order valence-electron chi connectivity index (χ0n) is 6.84. The maximum atomic E-state index is 5.35. The summed E-state index contributed by atoms with van der Waals surface area (Å²) in [6.07, 6.45) is 3.50. The van der Waals surface area contributed by atoms with Crippen LogP contribution in [0.5, 0.6) is 0 Å². The van der Waals surface area contributed by atoms with Gasteiger partial charge in [-0.1, -0.05) is 13.2 Å². The lowest BCUT2D eigenvalue weighted by molar-refractivity contribution is 0.157. The zero-order chi connectivity index (χ0) is 8.27. The molecule has 0 unspecified atom stereocenters. The Balaban J connectivity index is 2.94. The molecule has 2 nitrogen and oxygen atoms in total. The van der Waals surface area contributed by atoms with Gasteiger partial charge < -0.3 is 9.64 Å². The highest BCUT2D eigenvalue weighted by Crippen LogP contribution is 2.16. The fraction of sp³-hybridized carbons (Fsp3) is 0.333. The molecule has 1 aliphatic rings. The highest BCUT2D eigenvalue weighted by atomic mass is 16.5. The Morgan fingerprint density at radius 2 is 2.18 bits per heavy atom. The molecule has 0 atom stereocenters. The lowest BCUT2D eigenvalue weighted by Gasteiger charge is -2.27. The second kappa shape index (κ2) is 3.28. The van der Waals surface area contributed by atoms with Gasteiger partial charge >= 0.3 is 0 Å². The van der Waals surface area contributed by atoms with Gasteiger partial charge in [0, 0.05) is 7.05 Å². The van der Waals surface area contributed by atoms with E-state index in [2.05, 4.69) is 18.1 Å². The van der Waals surface area contributed by atoms with Gasteiger partial charge in [-0.05, 0) is 12.2 Å². The molecule has 1 aliphatic heterocycles. The fourth-order valence-corrected chi connectivity index (χ4v) is 1.09. The van der Waals surface area contributed by atoms with Gasteiger partial charge in [0.25, 0.3) is 0 Å². The first-order valence-electron chi connectivity index (χ1n) is 3.62. The monoisotopic (exact) mass is 151 g/mol. The summed E-state index contributed by atoms with van der Waals surface area (Å²) in [5.74, 6) is 0.828. The van der Waals surface area contributed by atoms with Crippen molar-refractivity contribution in [3.63, 3.8) is 0 Å². The zero-order valence-corrected chi connectivity index (χ0v) is 6.84. The quantitative estimate of drug-likeness (QED) is 0.593. The molecule has 0 N–H and O–H groups in total. The van der Waals surface area contributed by atoms with E-state index in [1.165, 1.54) is 0 Å². The summed E-state index contributed by atoms with van der Waals surface area (Å²) in [7, 11) is 2.02. The van der Waals surface area contributed by atoms with Crippen molar-refractivity contribution in [2.45, 2.75) is 0 Å². The van der Waals surface area contributed by atoms with Gasteiger partial charge in [0.2, 0.25) is 0 Å². The lowest BCUT2D eigenvalue weighted by atomic mass is 10.3. The molecule has 0 saturated heterocycles. The Bertz CT molecular complexity index is 206. The first-order chi connectivity index (χ1) is 5.29. The summed E-state index contributed by atoms with van der Waals surface area (Å²) in [4.78, 5) is 2.10. The van der Waals surface area contributed by atoms with Crippen LogP contribution in [0.25, 0.3) is 0 Å². The third-order valence-electron chi connectivity index (χ3n) is 1.73. The molecule has 0 fully saturated rings. The number of rotatable bonds is 2. The Morgan fingerprint density at radius 1 is 1.45 bits per heavy atom. The molecule has 0 aliphatic carbocycles. The Kier molecular flexibility index (Phi) is 2.36. The van der Waals surface area contributed by atoms with Crippen molar-refractivity contribution < 1.29 is 4.74 Å². The number of allylic oxidation sites excluding steroid dienone is 2. The maximum Gasteiger partial charge on any atom is 0.142 e. The molecule has 0 bridgehead atoms. The van der Waals surface area contributed by atoms with E-state index in [0.717, 1.165) is 24.6 Å². The van der Waals surface area contributed by atoms with E-state index in [9.17, 15) is 0 Å². The third-order valence-corrected chi connectivity index (χ3v) is 1.73. The molecule has 11 heavy (non-hydrogen) atoms. The van der Waals surface area contributed by atoms with Crippen LogP contribution in [-0.2, 0) is 4.74 Å². The van der Waals surface area contributed by atoms with E-state index < -0.39 is 0 Å². The standard InChI is InChI=1S/C9H13NO/c1-4-8-9(5-2)11-7-6-10(8)3/h4-5H,1-2,6-7H2,3H3. The van der Waals surface area contributed by atoms with Crippen LogP contribution in [0.3, 0.4) is 0 Å². The van der Waals surface area contributed by atoms with Gasteiger partial charge in [-0.25, -0.2) is 0 Å². The van der Waals surface area contributed by atoms with Gasteiger partial charge in [-0.2, -0.15) is 0 Å². The second-order valence-corrected chi connectivity index (χ2v) is 2.43. The van der Waals surface area contributed by atoms with Crippen molar-refractivity contribution in [3.05, 3.63) is 36.8 Å². The first-order valence-corrected chi connectivity index (χ1v) is 3.62. The minimum atomic E-state index is 0.731. The molecule has 1 heterocycles. The number of hydrogen-bond donors (Lipinski definition) is 0. The van der Waals surface area contributed by atoms with Crippen LogP contribution >= 0.6 is 0 Å². The van der Waals surface area contributed by atoms with Crippen LogP contribution in [0.2, 0.25) is 0 Å². The van der Waals surface area contributed by atoms with E-state index >= 15 is 0 Å². The van der Waals surface area contributed by atoms with E-state index in [1.807, 2.05) is 7.05 Å². The highest BCUT2D eigenvalue weighted by molar-refractivity contribution is 5.26. The van der Waals surface area contributed by atoms with Crippen molar-refractivity contribution in [1.82, 2.24) is 4.90 Å². The van der Waals surface area contributed by atoms with Crippen molar-refractivity contribution in [2.75, 3.05) is 20.2 Å². The van der Waals surface area contributed by atoms with Gasteiger partial charge in [-0.3, -0.25) is 0 Å². The van der Waals surface area contributed by atoms with Crippen LogP contribution in [0.1, 0.15) is 0 Å². The van der Waals surface area contributed by atoms with Gasteiger partial charge in [0.1, 0.15) is 12.4 Å². The van der Waals surface area contributed by atoms with Gasteiger partial charge in [-0.15, -0.1) is 0 Å². The summed E-state index contributed by atoms with van der Waals surface area (Å²) in [6.45, 7) is 9.01. The second-order valence-electron chi connectivity index (χ2n) is 2.43. The summed E-state index contributed by atoms with van der Waals surface area (Å²) < 4.78 is 5.35. The van der Waals surface area contributed by atoms with Crippen LogP contribution in [0.15, 0.2) is 36.8 Å². The molecular weight excluding hydrogens is 138 g/mol. The van der Waals surface area contributed by atoms with Gasteiger partial charge in [0.05, 0.1) is 12.2 Å². The minimum Gasteiger partial charge on any atom is -0.490 e. The molecule has 0 aromatic rings. The number of ether oxygens (including phenoxy) is 1. The topological polar surface area (TPSA) is 12.5 Å². The molecular formula is C9H13NO. The predicted octanol–water partition coefficient (Wildman–Crippen LogP) is 1.53. The maximum absolute atomic E-state index is 5.35. The summed E-state index contributed by atoms with van der Waals surface area (Å²) in [6, 6.07) is 0. The van der Waals surface area contributed by atoms with E-state index in [0.29, 0.717) is 0 Å². The molecule has 0 radical (unpaired) electrons. The summed E-state index contributed by atoms with van der Waals surface area (Å²) in [5.41, 5.74) is 1.02. The van der Waals surface area contributed by atoms with Crippen LogP contribution < -0.4 is 0 Å². The summed E-state index contributed by atoms with van der Waals surface area (Å²) in [5, 5.41) is 0. The van der Waals surface area contributed by atoms with Crippen LogP contribution in [-0.4, -0.2) is 25.1 Å². The predicted molar refractivity (Wildman–Crippen MR) is 46.0 cm³/mol. The smallest absolute Gasteiger partial charge is 0.142 e. The molecule has 1 rings (SSSR count). The van der Waals surface area contributed by atoms with E-state index in [-0.39, 0.29) is 0 Å². The molecule has 2 heteroatoms. The largest absolute Gasteiger partial charge is 0.490 e. The Hall–Kier alpha value is -1.18. The highest BCUT2D eigenvalue weighted by Gasteiger charge is 2.12. The normalized spacial score (nSPS) is 17.7. The lowest BCUT2D eigenvalue weighted by Crippen LogP contribution is -2.27. The molecule has 60 valence electrons. The van der Waals surface area contributed by atoms with Crippen molar-refractivity contribution >= 4 is 0 Å². The fourth-order valence-electron chi connectivity index (χ4n) is 1.09. The number of nitrogens with zero attached hydrogens (tertiary/aromatic N) is 1. The first kappa shape index (κ1) is 7.92. The molecule has 0 spiro atoms. The number of likely N-dealkylation sites (N-methyl/N-ethyl adjacent to an activating group) is 1. The van der Waals surface area contributed by atoms with E-state index in [1.54, 1.807) is 12.2 Å². The Labute approximate surface area is 67.5 Å². The minimum absolute atomic E-state index is 0.731. The van der Waals surface area contributed by atoms with Crippen molar-refractivity contribution in [2.24, 2.45) is 0 Å². The molecule has 0 aromatic heterocycles. The summed E-state index contributed by atoms with van der Waals surface area (Å²) >= 11 is 0. The van der Waals surface area contributed by atoms with Crippen molar-refractivity contribution in [1.29, 1.82) is 0 Å². The van der Waals surface area contributed by atoms with Crippen LogP contribution in [0, 0.1) is 0 Å².